The topological polar surface area (TPSA) is 120 Å². The van der Waals surface area contributed by atoms with Gasteiger partial charge >= 0.3 is 6.09 Å². The fraction of sp³-hybridized carbons (Fsp3) is 0.391. The Hall–Kier alpha value is -2.97. The van der Waals surface area contributed by atoms with Crippen LogP contribution in [0.5, 0.6) is 11.5 Å². The van der Waals surface area contributed by atoms with Gasteiger partial charge in [-0.05, 0) is 48.6 Å². The summed E-state index contributed by atoms with van der Waals surface area (Å²) in [6.45, 7) is 3.49. The summed E-state index contributed by atoms with van der Waals surface area (Å²) in [7, 11) is 0. The number of aliphatic hydroxyl groups is 1. The van der Waals surface area contributed by atoms with Crippen molar-refractivity contribution in [3.05, 3.63) is 59.7 Å². The average molecular weight is 465 g/mol. The third kappa shape index (κ3) is 8.64. The predicted octanol–water partition coefficient (Wildman–Crippen LogP) is 2.95. The van der Waals surface area contributed by atoms with Crippen molar-refractivity contribution in [3.63, 3.8) is 0 Å². The minimum atomic E-state index is -0.967. The maximum Gasteiger partial charge on any atom is 0.406 e. The van der Waals surface area contributed by atoms with Crippen LogP contribution in [0.4, 0.5) is 4.79 Å². The molecule has 8 nitrogen and oxygen atoms in total. The van der Waals surface area contributed by atoms with Crippen LogP contribution >= 0.6 is 11.6 Å². The van der Waals surface area contributed by atoms with Crippen LogP contribution in [0.25, 0.3) is 0 Å². The molecular formula is C23H29ClN2O6. The number of rotatable bonds is 12. The molecule has 0 heterocycles. The molecule has 3 atom stereocenters. The number of alkyl halides is 1. The van der Waals surface area contributed by atoms with E-state index in [1.54, 1.807) is 0 Å². The van der Waals surface area contributed by atoms with E-state index < -0.39 is 24.3 Å². The molecule has 9 heteroatoms. The summed E-state index contributed by atoms with van der Waals surface area (Å²) < 4.78 is 15.9. The van der Waals surface area contributed by atoms with Crippen LogP contribution in [0.1, 0.15) is 30.9 Å². The molecule has 0 bridgehead atoms. The van der Waals surface area contributed by atoms with Gasteiger partial charge in [-0.25, -0.2) is 4.79 Å². The van der Waals surface area contributed by atoms with E-state index >= 15 is 0 Å². The molecule has 0 saturated heterocycles. The van der Waals surface area contributed by atoms with Crippen molar-refractivity contribution in [1.29, 1.82) is 0 Å². The Labute approximate surface area is 192 Å². The zero-order valence-electron chi connectivity index (χ0n) is 18.1. The number of benzene rings is 2. The molecule has 0 fully saturated rings. The standard InChI is InChI=1S/C23H29ClN2O6/c1-15(11-17-7-9-19(10-8-17)30-13-18(27)12-24)20-5-3-4-6-21(20)31-14-22(28)26-16(2)32-23(25)29/h3-10,15-16,18,27H,11-14H2,1-2H3,(H2,25,29)(H,26,28). The first kappa shape index (κ1) is 25.3. The Kier molecular flexibility index (Phi) is 10.1. The van der Waals surface area contributed by atoms with E-state index in [1.165, 1.54) is 6.92 Å². The van der Waals surface area contributed by atoms with Crippen molar-refractivity contribution in [3.8, 4) is 11.5 Å². The second kappa shape index (κ2) is 12.8. The van der Waals surface area contributed by atoms with E-state index in [1.807, 2.05) is 48.5 Å². The van der Waals surface area contributed by atoms with E-state index in [0.717, 1.165) is 17.5 Å². The number of amides is 2. The number of primary amides is 1. The number of aliphatic hydroxyl groups excluding tert-OH is 1. The van der Waals surface area contributed by atoms with Gasteiger partial charge in [0.15, 0.2) is 12.8 Å². The number of nitrogens with two attached hydrogens (primary N) is 1. The quantitative estimate of drug-likeness (QED) is 0.328. The molecule has 0 aromatic heterocycles. The van der Waals surface area contributed by atoms with Gasteiger partial charge in [-0.15, -0.1) is 11.6 Å². The Bertz CT molecular complexity index is 877. The maximum absolute atomic E-state index is 12.0. The first-order valence-corrected chi connectivity index (χ1v) is 10.7. The van der Waals surface area contributed by atoms with Gasteiger partial charge in [0.25, 0.3) is 5.91 Å². The van der Waals surface area contributed by atoms with E-state index in [2.05, 4.69) is 17.0 Å². The van der Waals surface area contributed by atoms with Gasteiger partial charge in [0.1, 0.15) is 24.2 Å². The second-order valence-corrected chi connectivity index (χ2v) is 7.65. The highest BCUT2D eigenvalue weighted by Crippen LogP contribution is 2.29. The number of ether oxygens (including phenoxy) is 3. The molecule has 0 aliphatic heterocycles. The van der Waals surface area contributed by atoms with Gasteiger partial charge in [0.05, 0.1) is 5.88 Å². The van der Waals surface area contributed by atoms with Crippen molar-refractivity contribution in [1.82, 2.24) is 5.32 Å². The van der Waals surface area contributed by atoms with Crippen LogP contribution in [-0.2, 0) is 16.0 Å². The average Bonchev–Trinajstić information content (AvgIpc) is 2.76. The number of halogens is 1. The smallest absolute Gasteiger partial charge is 0.406 e. The molecule has 0 aliphatic rings. The number of para-hydroxylation sites is 1. The lowest BCUT2D eigenvalue weighted by molar-refractivity contribution is -0.125. The molecule has 2 aromatic carbocycles. The molecule has 3 unspecified atom stereocenters. The highest BCUT2D eigenvalue weighted by molar-refractivity contribution is 6.18. The van der Waals surface area contributed by atoms with Crippen LogP contribution in [0, 0.1) is 0 Å². The van der Waals surface area contributed by atoms with E-state index in [9.17, 15) is 14.7 Å². The third-order valence-electron chi connectivity index (χ3n) is 4.55. The highest BCUT2D eigenvalue weighted by Gasteiger charge is 2.15. The van der Waals surface area contributed by atoms with Crippen molar-refractivity contribution in [2.75, 3.05) is 19.1 Å². The van der Waals surface area contributed by atoms with Crippen LogP contribution in [0.3, 0.4) is 0 Å². The minimum absolute atomic E-state index is 0.121. The predicted molar refractivity (Wildman–Crippen MR) is 121 cm³/mol. The lowest BCUT2D eigenvalue weighted by Gasteiger charge is -2.18. The van der Waals surface area contributed by atoms with Crippen molar-refractivity contribution >= 4 is 23.6 Å². The van der Waals surface area contributed by atoms with Crippen molar-refractivity contribution < 1.29 is 28.9 Å². The molecule has 0 spiro atoms. The summed E-state index contributed by atoms with van der Waals surface area (Å²) in [5, 5.41) is 12.0. The van der Waals surface area contributed by atoms with Crippen molar-refractivity contribution in [2.24, 2.45) is 5.73 Å². The Morgan fingerprint density at radius 3 is 2.44 bits per heavy atom. The molecular weight excluding hydrogens is 436 g/mol. The maximum atomic E-state index is 12.0. The van der Waals surface area contributed by atoms with Gasteiger partial charge in [-0.3, -0.25) is 4.79 Å². The number of carbonyl (C=O) groups excluding carboxylic acids is 2. The lowest BCUT2D eigenvalue weighted by Crippen LogP contribution is -2.39. The largest absolute Gasteiger partial charge is 0.491 e. The van der Waals surface area contributed by atoms with Gasteiger partial charge in [0.2, 0.25) is 0 Å². The Morgan fingerprint density at radius 1 is 1.09 bits per heavy atom. The molecule has 0 radical (unpaired) electrons. The molecule has 4 N–H and O–H groups in total. The van der Waals surface area contributed by atoms with Crippen LogP contribution in [0.15, 0.2) is 48.5 Å². The molecule has 2 aromatic rings. The molecule has 32 heavy (non-hydrogen) atoms. The first-order valence-electron chi connectivity index (χ1n) is 10.2. The second-order valence-electron chi connectivity index (χ2n) is 7.34. The summed E-state index contributed by atoms with van der Waals surface area (Å²) in [6.07, 6.45) is -1.76. The number of nitrogens with one attached hydrogen (secondary N) is 1. The summed E-state index contributed by atoms with van der Waals surface area (Å²) in [4.78, 5) is 22.8. The Balaban J connectivity index is 1.93. The lowest BCUT2D eigenvalue weighted by atomic mass is 9.93. The van der Waals surface area contributed by atoms with Gasteiger partial charge in [0, 0.05) is 0 Å². The summed E-state index contributed by atoms with van der Waals surface area (Å²) in [6, 6.07) is 15.2. The van der Waals surface area contributed by atoms with Crippen LogP contribution < -0.4 is 20.5 Å². The van der Waals surface area contributed by atoms with Gasteiger partial charge in [-0.1, -0.05) is 37.3 Å². The third-order valence-corrected chi connectivity index (χ3v) is 4.91. The zero-order chi connectivity index (χ0) is 23.5. The normalized spacial score (nSPS) is 13.5. The highest BCUT2D eigenvalue weighted by atomic mass is 35.5. The molecule has 174 valence electrons. The molecule has 0 aliphatic carbocycles. The number of carbonyl (C=O) groups is 2. The monoisotopic (exact) mass is 464 g/mol. The minimum Gasteiger partial charge on any atom is -0.491 e. The summed E-state index contributed by atoms with van der Waals surface area (Å²) in [5.41, 5.74) is 7.00. The first-order chi connectivity index (χ1) is 15.3. The fourth-order valence-electron chi connectivity index (χ4n) is 3.06. The fourth-order valence-corrected chi connectivity index (χ4v) is 3.15. The van der Waals surface area contributed by atoms with Gasteiger partial charge < -0.3 is 30.4 Å². The van der Waals surface area contributed by atoms with E-state index in [4.69, 9.17) is 26.8 Å². The molecule has 2 amide bonds. The van der Waals surface area contributed by atoms with Crippen LogP contribution in [-0.4, -0.2) is 48.5 Å². The van der Waals surface area contributed by atoms with E-state index in [-0.39, 0.29) is 25.0 Å². The molecule has 0 saturated carbocycles. The zero-order valence-corrected chi connectivity index (χ0v) is 18.9. The van der Waals surface area contributed by atoms with E-state index in [0.29, 0.717) is 11.5 Å². The van der Waals surface area contributed by atoms with Gasteiger partial charge in [-0.2, -0.15) is 0 Å². The Morgan fingerprint density at radius 2 is 1.78 bits per heavy atom. The molecule has 2 rings (SSSR count). The van der Waals surface area contributed by atoms with Crippen LogP contribution in [0.2, 0.25) is 0 Å². The summed E-state index contributed by atoms with van der Waals surface area (Å²) >= 11 is 5.57. The number of hydrogen-bond acceptors (Lipinski definition) is 6. The van der Waals surface area contributed by atoms with Crippen molar-refractivity contribution in [2.45, 2.75) is 38.5 Å². The SMILES string of the molecule is CC(NC(=O)COc1ccccc1C(C)Cc1ccc(OCC(O)CCl)cc1)OC(N)=O. The summed E-state index contributed by atoms with van der Waals surface area (Å²) in [5.74, 6) is 1.08. The number of hydrogen-bond donors (Lipinski definition) is 3.